The fourth-order valence-electron chi connectivity index (χ4n) is 2.02. The molecule has 0 aliphatic rings. The van der Waals surface area contributed by atoms with Gasteiger partial charge in [-0.15, -0.1) is 0 Å². The van der Waals surface area contributed by atoms with Crippen LogP contribution in [0.2, 0.25) is 10.0 Å². The summed E-state index contributed by atoms with van der Waals surface area (Å²) in [6.07, 6.45) is 1.44. The van der Waals surface area contributed by atoms with Gasteiger partial charge in [-0.2, -0.15) is 4.99 Å². The number of furan rings is 1. The van der Waals surface area contributed by atoms with Crippen molar-refractivity contribution in [3.05, 3.63) is 51.1 Å². The van der Waals surface area contributed by atoms with Crippen molar-refractivity contribution >= 4 is 50.7 Å². The number of fused-ring (bicyclic) bond motifs is 1. The molecule has 0 N–H and O–H groups in total. The second-order valence-corrected chi connectivity index (χ2v) is 6.03. The first kappa shape index (κ1) is 14.4. The summed E-state index contributed by atoms with van der Waals surface area (Å²) < 4.78 is 7.86. The molecule has 0 unspecified atom stereocenters. The van der Waals surface area contributed by atoms with Crippen LogP contribution >= 0.6 is 34.5 Å². The fraction of sp³-hybridized carbons (Fsp3) is 0.143. The van der Waals surface area contributed by atoms with E-state index >= 15 is 0 Å². The minimum absolute atomic E-state index is 0.208. The first-order valence-corrected chi connectivity index (χ1v) is 7.79. The van der Waals surface area contributed by atoms with Crippen LogP contribution < -0.4 is 4.80 Å². The average molecular weight is 341 g/mol. The van der Waals surface area contributed by atoms with Gasteiger partial charge in [0.05, 0.1) is 26.5 Å². The normalized spacial score (nSPS) is 12.2. The summed E-state index contributed by atoms with van der Waals surface area (Å²) in [6.45, 7) is 2.59. The summed E-state index contributed by atoms with van der Waals surface area (Å²) in [7, 11) is 0. The van der Waals surface area contributed by atoms with Gasteiger partial charge in [-0.25, -0.2) is 0 Å². The zero-order valence-corrected chi connectivity index (χ0v) is 13.3. The Morgan fingerprint density at radius 2 is 2.19 bits per heavy atom. The van der Waals surface area contributed by atoms with Crippen molar-refractivity contribution in [2.24, 2.45) is 4.99 Å². The van der Waals surface area contributed by atoms with E-state index in [0.29, 0.717) is 21.4 Å². The highest BCUT2D eigenvalue weighted by Gasteiger charge is 2.13. The van der Waals surface area contributed by atoms with Crippen LogP contribution in [-0.2, 0) is 6.54 Å². The Bertz CT molecular complexity index is 878. The highest BCUT2D eigenvalue weighted by molar-refractivity contribution is 7.16. The summed E-state index contributed by atoms with van der Waals surface area (Å²) in [5, 5.41) is 0.951. The van der Waals surface area contributed by atoms with Gasteiger partial charge in [0.1, 0.15) is 0 Å². The second-order valence-electron chi connectivity index (χ2n) is 4.23. The maximum absolute atomic E-state index is 12.0. The van der Waals surface area contributed by atoms with Crippen molar-refractivity contribution < 1.29 is 9.21 Å². The number of benzene rings is 1. The van der Waals surface area contributed by atoms with Crippen molar-refractivity contribution in [3.8, 4) is 0 Å². The molecule has 0 aliphatic heterocycles. The van der Waals surface area contributed by atoms with Crippen molar-refractivity contribution in [3.63, 3.8) is 0 Å². The smallest absolute Gasteiger partial charge is 0.315 e. The third-order valence-corrected chi connectivity index (χ3v) is 4.82. The summed E-state index contributed by atoms with van der Waals surface area (Å²) in [5.41, 5.74) is 0.794. The number of amides is 1. The minimum atomic E-state index is -0.420. The Labute approximate surface area is 134 Å². The lowest BCUT2D eigenvalue weighted by Crippen LogP contribution is -2.15. The molecule has 0 aliphatic carbocycles. The van der Waals surface area contributed by atoms with Gasteiger partial charge in [-0.3, -0.25) is 4.79 Å². The van der Waals surface area contributed by atoms with Crippen molar-refractivity contribution in [2.45, 2.75) is 13.5 Å². The molecule has 2 heterocycles. The molecule has 0 radical (unpaired) electrons. The third-order valence-electron chi connectivity index (χ3n) is 2.98. The highest BCUT2D eigenvalue weighted by Crippen LogP contribution is 2.32. The molecule has 4 nitrogen and oxygen atoms in total. The van der Waals surface area contributed by atoms with Crippen LogP contribution in [0.3, 0.4) is 0 Å². The molecular formula is C14H10Cl2N2O2S. The standard InChI is InChI=1S/C14H10Cl2N2O2S/c1-2-18-12-10(6-5-8(15)11(12)16)21-14(18)17-13(19)9-4-3-7-20-9/h3-7H,2H2,1H3. The Balaban J connectivity index is 2.24. The first-order chi connectivity index (χ1) is 10.1. The van der Waals surface area contributed by atoms with Crippen LogP contribution in [0.25, 0.3) is 10.2 Å². The van der Waals surface area contributed by atoms with Crippen molar-refractivity contribution in [2.75, 3.05) is 0 Å². The summed E-state index contributed by atoms with van der Waals surface area (Å²) in [5.74, 6) is -0.213. The van der Waals surface area contributed by atoms with Gasteiger partial charge in [-0.1, -0.05) is 34.5 Å². The van der Waals surface area contributed by atoms with Crippen molar-refractivity contribution in [1.29, 1.82) is 0 Å². The van der Waals surface area contributed by atoms with E-state index < -0.39 is 5.91 Å². The van der Waals surface area contributed by atoms with Crippen LogP contribution in [0.4, 0.5) is 0 Å². The number of rotatable bonds is 2. The molecule has 21 heavy (non-hydrogen) atoms. The lowest BCUT2D eigenvalue weighted by molar-refractivity contribution is 0.0971. The van der Waals surface area contributed by atoms with Gasteiger partial charge < -0.3 is 8.98 Å². The van der Waals surface area contributed by atoms with E-state index in [1.165, 1.54) is 17.6 Å². The summed E-state index contributed by atoms with van der Waals surface area (Å²) >= 11 is 13.7. The molecule has 7 heteroatoms. The maximum Gasteiger partial charge on any atom is 0.315 e. The van der Waals surface area contributed by atoms with Gasteiger partial charge in [0.25, 0.3) is 0 Å². The highest BCUT2D eigenvalue weighted by atomic mass is 35.5. The number of hydrogen-bond donors (Lipinski definition) is 0. The van der Waals surface area contributed by atoms with Crippen LogP contribution in [0.5, 0.6) is 0 Å². The summed E-state index contributed by atoms with van der Waals surface area (Å²) in [6, 6.07) is 6.84. The van der Waals surface area contributed by atoms with Gasteiger partial charge in [0.2, 0.25) is 0 Å². The SMILES string of the molecule is CCn1c(=NC(=O)c2ccco2)sc2ccc(Cl)c(Cl)c21. The maximum atomic E-state index is 12.0. The molecule has 0 saturated carbocycles. The van der Waals surface area contributed by atoms with Gasteiger partial charge in [0, 0.05) is 6.54 Å². The number of hydrogen-bond acceptors (Lipinski definition) is 3. The van der Waals surface area contributed by atoms with E-state index in [1.54, 1.807) is 18.2 Å². The van der Waals surface area contributed by atoms with E-state index in [4.69, 9.17) is 27.6 Å². The largest absolute Gasteiger partial charge is 0.459 e. The molecule has 1 aromatic carbocycles. The molecule has 0 fully saturated rings. The Hall–Kier alpha value is -1.56. The molecular weight excluding hydrogens is 331 g/mol. The van der Waals surface area contributed by atoms with Crippen molar-refractivity contribution in [1.82, 2.24) is 4.57 Å². The molecule has 1 amide bonds. The van der Waals surface area contributed by atoms with E-state index in [2.05, 4.69) is 4.99 Å². The Morgan fingerprint density at radius 1 is 1.38 bits per heavy atom. The van der Waals surface area contributed by atoms with E-state index in [9.17, 15) is 4.79 Å². The van der Waals surface area contributed by atoms with Crippen LogP contribution in [0.15, 0.2) is 39.9 Å². The van der Waals surface area contributed by atoms with Crippen LogP contribution in [0, 0.1) is 0 Å². The predicted octanol–water partition coefficient (Wildman–Crippen LogP) is 4.36. The lowest BCUT2D eigenvalue weighted by atomic mass is 10.3. The molecule has 3 aromatic rings. The van der Waals surface area contributed by atoms with Gasteiger partial charge >= 0.3 is 5.91 Å². The number of aromatic nitrogens is 1. The number of carbonyl (C=O) groups is 1. The van der Waals surface area contributed by atoms with Gasteiger partial charge in [0.15, 0.2) is 10.6 Å². The Kier molecular flexibility index (Phi) is 3.89. The molecule has 3 rings (SSSR count). The molecule has 0 atom stereocenters. The second kappa shape index (κ2) is 5.67. The zero-order chi connectivity index (χ0) is 15.0. The minimum Gasteiger partial charge on any atom is -0.459 e. The van der Waals surface area contributed by atoms with E-state index in [-0.39, 0.29) is 5.76 Å². The third kappa shape index (κ3) is 2.52. The molecule has 0 saturated heterocycles. The number of aryl methyl sites for hydroxylation is 1. The molecule has 0 bridgehead atoms. The molecule has 0 spiro atoms. The first-order valence-electron chi connectivity index (χ1n) is 6.21. The van der Waals surface area contributed by atoms with Gasteiger partial charge in [-0.05, 0) is 31.2 Å². The zero-order valence-electron chi connectivity index (χ0n) is 11.0. The average Bonchev–Trinajstić information content (AvgIpc) is 3.10. The number of carbonyl (C=O) groups excluding carboxylic acids is 1. The van der Waals surface area contributed by atoms with Crippen LogP contribution in [-0.4, -0.2) is 10.5 Å². The quantitative estimate of drug-likeness (QED) is 0.695. The predicted molar refractivity (Wildman–Crippen MR) is 84.1 cm³/mol. The lowest BCUT2D eigenvalue weighted by Gasteiger charge is -2.03. The van der Waals surface area contributed by atoms with E-state index in [0.717, 1.165) is 10.2 Å². The Morgan fingerprint density at radius 3 is 2.86 bits per heavy atom. The van der Waals surface area contributed by atoms with Crippen LogP contribution in [0.1, 0.15) is 17.5 Å². The number of nitrogens with zero attached hydrogens (tertiary/aromatic N) is 2. The summed E-state index contributed by atoms with van der Waals surface area (Å²) in [4.78, 5) is 16.7. The topological polar surface area (TPSA) is 47.5 Å². The van der Waals surface area contributed by atoms with E-state index in [1.807, 2.05) is 17.6 Å². The monoisotopic (exact) mass is 340 g/mol. The molecule has 108 valence electrons. The molecule has 2 aromatic heterocycles. The number of halogens is 2. The fourth-order valence-corrected chi connectivity index (χ4v) is 3.60. The number of thiazole rings is 1.